The topological polar surface area (TPSA) is 40.4 Å². The van der Waals surface area contributed by atoms with Gasteiger partial charge in [0.05, 0.1) is 20.9 Å². The fourth-order valence-electron chi connectivity index (χ4n) is 3.76. The molecule has 2 heterocycles. The van der Waals surface area contributed by atoms with Crippen molar-refractivity contribution in [1.29, 1.82) is 0 Å². The standard InChI is InChI=1S/C19H21Br2N3O.2ClH/c1-12(25)24-16-8-3-2-6-14(16)15-7-4-5-13(19(15)24)10-23-11-17(20)22-9-18(23)21;;/h2-8,12,17-18,22,25H,9-11H2,1H3;2*1H. The Bertz CT molecular complexity index is 918. The number of nitrogens with zero attached hydrogens (tertiary/aromatic N) is 2. The van der Waals surface area contributed by atoms with Crippen LogP contribution in [0.2, 0.25) is 0 Å². The van der Waals surface area contributed by atoms with E-state index in [0.29, 0.717) is 9.90 Å². The third kappa shape index (κ3) is 4.32. The molecule has 0 bridgehead atoms. The molecule has 0 radical (unpaired) electrons. The van der Waals surface area contributed by atoms with Crippen LogP contribution in [-0.2, 0) is 6.54 Å². The molecule has 2 N–H and O–H groups in total. The molecule has 0 spiro atoms. The zero-order chi connectivity index (χ0) is 17.6. The van der Waals surface area contributed by atoms with Crippen LogP contribution in [-0.4, -0.2) is 37.6 Å². The van der Waals surface area contributed by atoms with Crippen molar-refractivity contribution in [3.05, 3.63) is 48.0 Å². The fraction of sp³-hybridized carbons (Fsp3) is 0.368. The van der Waals surface area contributed by atoms with Crippen molar-refractivity contribution in [2.24, 2.45) is 0 Å². The first kappa shape index (κ1) is 22.9. The van der Waals surface area contributed by atoms with Crippen molar-refractivity contribution in [2.45, 2.75) is 29.6 Å². The molecule has 3 aromatic rings. The largest absolute Gasteiger partial charge is 0.374 e. The summed E-state index contributed by atoms with van der Waals surface area (Å²) in [5, 5.41) is 16.3. The molecule has 4 nitrogen and oxygen atoms in total. The van der Waals surface area contributed by atoms with Gasteiger partial charge in [0.25, 0.3) is 0 Å². The first-order chi connectivity index (χ1) is 12.1. The lowest BCUT2D eigenvalue weighted by molar-refractivity contribution is 0.133. The number of piperazine rings is 1. The van der Waals surface area contributed by atoms with E-state index < -0.39 is 6.23 Å². The van der Waals surface area contributed by atoms with Crippen LogP contribution in [0.3, 0.4) is 0 Å². The third-order valence-electron chi connectivity index (χ3n) is 4.86. The fourth-order valence-corrected chi connectivity index (χ4v) is 4.82. The summed E-state index contributed by atoms with van der Waals surface area (Å²) in [4.78, 5) is 3.00. The van der Waals surface area contributed by atoms with Gasteiger partial charge in [-0.15, -0.1) is 24.8 Å². The molecular weight excluding hydrogens is 517 g/mol. The lowest BCUT2D eigenvalue weighted by Crippen LogP contribution is -2.51. The summed E-state index contributed by atoms with van der Waals surface area (Å²) in [5.74, 6) is 0. The SMILES string of the molecule is CC(O)n1c2ccccc2c2cccc(CN3CC(Br)NCC3Br)c21.Cl.Cl. The number of nitrogens with one attached hydrogen (secondary N) is 1. The van der Waals surface area contributed by atoms with Crippen molar-refractivity contribution < 1.29 is 5.11 Å². The Morgan fingerprint density at radius 3 is 2.56 bits per heavy atom. The number of para-hydroxylation sites is 2. The van der Waals surface area contributed by atoms with Crippen LogP contribution in [0.1, 0.15) is 18.7 Å². The zero-order valence-electron chi connectivity index (χ0n) is 14.8. The lowest BCUT2D eigenvalue weighted by Gasteiger charge is -2.35. The van der Waals surface area contributed by atoms with Gasteiger partial charge in [-0.1, -0.05) is 68.3 Å². The average molecular weight is 540 g/mol. The van der Waals surface area contributed by atoms with Gasteiger partial charge in [-0.3, -0.25) is 4.90 Å². The molecule has 0 saturated carbocycles. The Morgan fingerprint density at radius 2 is 1.81 bits per heavy atom. The average Bonchev–Trinajstić information content (AvgIpc) is 2.94. The van der Waals surface area contributed by atoms with E-state index in [1.54, 1.807) is 0 Å². The molecule has 8 heteroatoms. The van der Waals surface area contributed by atoms with E-state index in [1.165, 1.54) is 16.3 Å². The first-order valence-electron chi connectivity index (χ1n) is 8.50. The monoisotopic (exact) mass is 537 g/mol. The van der Waals surface area contributed by atoms with Crippen LogP contribution in [0, 0.1) is 0 Å². The van der Waals surface area contributed by atoms with Crippen molar-refractivity contribution in [3.8, 4) is 0 Å². The van der Waals surface area contributed by atoms with E-state index in [2.05, 4.69) is 83.0 Å². The number of aliphatic hydroxyl groups excluding tert-OH is 1. The highest BCUT2D eigenvalue weighted by Gasteiger charge is 2.26. The van der Waals surface area contributed by atoms with Crippen LogP contribution < -0.4 is 5.32 Å². The van der Waals surface area contributed by atoms with E-state index >= 15 is 0 Å². The molecule has 1 aliphatic rings. The maximum Gasteiger partial charge on any atom is 0.128 e. The maximum absolute atomic E-state index is 10.5. The predicted molar refractivity (Wildman–Crippen MR) is 125 cm³/mol. The van der Waals surface area contributed by atoms with Crippen molar-refractivity contribution in [3.63, 3.8) is 0 Å². The van der Waals surface area contributed by atoms with Crippen molar-refractivity contribution in [2.75, 3.05) is 13.1 Å². The van der Waals surface area contributed by atoms with Gasteiger partial charge in [0.1, 0.15) is 6.23 Å². The Morgan fingerprint density at radius 1 is 1.11 bits per heavy atom. The number of hydrogen-bond donors (Lipinski definition) is 2. The molecule has 1 saturated heterocycles. The van der Waals surface area contributed by atoms with Gasteiger partial charge in [0, 0.05) is 30.4 Å². The molecule has 27 heavy (non-hydrogen) atoms. The summed E-state index contributed by atoms with van der Waals surface area (Å²) in [6.45, 7) is 4.47. The molecule has 1 aromatic heterocycles. The Hall–Kier alpha value is -0.340. The van der Waals surface area contributed by atoms with Crippen LogP contribution in [0.25, 0.3) is 21.8 Å². The van der Waals surface area contributed by atoms with Crippen LogP contribution in [0.4, 0.5) is 0 Å². The second-order valence-electron chi connectivity index (χ2n) is 6.57. The maximum atomic E-state index is 10.5. The first-order valence-corrected chi connectivity index (χ1v) is 10.3. The van der Waals surface area contributed by atoms with E-state index in [1.807, 2.05) is 13.0 Å². The highest BCUT2D eigenvalue weighted by Crippen LogP contribution is 2.34. The summed E-state index contributed by atoms with van der Waals surface area (Å²) in [6, 6.07) is 14.7. The number of alkyl halides is 2. The van der Waals surface area contributed by atoms with Gasteiger partial charge < -0.3 is 15.0 Å². The molecule has 2 aromatic carbocycles. The summed E-state index contributed by atoms with van der Waals surface area (Å²) in [6.07, 6.45) is -0.574. The summed E-state index contributed by atoms with van der Waals surface area (Å²) < 4.78 is 2.05. The van der Waals surface area contributed by atoms with Crippen molar-refractivity contribution >= 4 is 78.5 Å². The van der Waals surface area contributed by atoms with Gasteiger partial charge in [0.15, 0.2) is 0 Å². The summed E-state index contributed by atoms with van der Waals surface area (Å²) >= 11 is 7.44. The number of benzene rings is 2. The van der Waals surface area contributed by atoms with Crippen LogP contribution in [0.15, 0.2) is 42.5 Å². The molecule has 148 valence electrons. The minimum atomic E-state index is -0.574. The molecule has 1 fully saturated rings. The van der Waals surface area contributed by atoms with E-state index in [9.17, 15) is 5.11 Å². The molecule has 1 aliphatic heterocycles. The number of rotatable bonds is 3. The number of aromatic nitrogens is 1. The minimum Gasteiger partial charge on any atom is -0.374 e. The van der Waals surface area contributed by atoms with Gasteiger partial charge >= 0.3 is 0 Å². The van der Waals surface area contributed by atoms with Crippen molar-refractivity contribution in [1.82, 2.24) is 14.8 Å². The van der Waals surface area contributed by atoms with Gasteiger partial charge in [0.2, 0.25) is 0 Å². The van der Waals surface area contributed by atoms with E-state index in [0.717, 1.165) is 30.7 Å². The van der Waals surface area contributed by atoms with E-state index in [4.69, 9.17) is 0 Å². The molecular formula is C19H23Br2Cl2N3O. The van der Waals surface area contributed by atoms with Gasteiger partial charge in [-0.25, -0.2) is 0 Å². The highest BCUT2D eigenvalue weighted by atomic mass is 79.9. The lowest BCUT2D eigenvalue weighted by atomic mass is 10.1. The van der Waals surface area contributed by atoms with Gasteiger partial charge in [-0.05, 0) is 18.6 Å². The minimum absolute atomic E-state index is 0. The summed E-state index contributed by atoms with van der Waals surface area (Å²) in [7, 11) is 0. The molecule has 3 atom stereocenters. The smallest absolute Gasteiger partial charge is 0.128 e. The second kappa shape index (κ2) is 9.44. The second-order valence-corrected chi connectivity index (χ2v) is 8.73. The van der Waals surface area contributed by atoms with Crippen LogP contribution in [0.5, 0.6) is 0 Å². The number of fused-ring (bicyclic) bond motifs is 3. The van der Waals surface area contributed by atoms with Crippen LogP contribution >= 0.6 is 56.7 Å². The molecule has 0 aliphatic carbocycles. The van der Waals surface area contributed by atoms with E-state index in [-0.39, 0.29) is 24.8 Å². The Kier molecular flexibility index (Phi) is 8.02. The predicted octanol–water partition coefficient (Wildman–Crippen LogP) is 5.00. The zero-order valence-corrected chi connectivity index (χ0v) is 19.6. The Labute approximate surface area is 188 Å². The number of aliphatic hydroxyl groups is 1. The summed E-state index contributed by atoms with van der Waals surface area (Å²) in [5.41, 5.74) is 3.44. The Balaban J connectivity index is 0.00000131. The molecule has 3 unspecified atom stereocenters. The quantitative estimate of drug-likeness (QED) is 0.364. The molecule has 0 amide bonds. The number of halogens is 4. The van der Waals surface area contributed by atoms with Gasteiger partial charge in [-0.2, -0.15) is 0 Å². The molecule has 4 rings (SSSR count). The highest BCUT2D eigenvalue weighted by molar-refractivity contribution is 9.10. The number of hydrogen-bond acceptors (Lipinski definition) is 3. The normalized spacial score (nSPS) is 21.6. The third-order valence-corrected chi connectivity index (χ3v) is 6.38.